The van der Waals surface area contributed by atoms with E-state index in [2.05, 4.69) is 40.6 Å². The van der Waals surface area contributed by atoms with Gasteiger partial charge in [0, 0.05) is 14.7 Å². The van der Waals surface area contributed by atoms with E-state index >= 15 is 0 Å². The summed E-state index contributed by atoms with van der Waals surface area (Å²) in [4.78, 5) is 4.06. The van der Waals surface area contributed by atoms with E-state index in [9.17, 15) is 0 Å². The van der Waals surface area contributed by atoms with Crippen LogP contribution in [0.15, 0.2) is 10.9 Å². The number of rotatable bonds is 6. The molecule has 0 atom stereocenters. The highest BCUT2D eigenvalue weighted by atomic mass is 79.9. The van der Waals surface area contributed by atoms with Crippen molar-refractivity contribution in [3.8, 4) is 0 Å². The number of halogens is 1. The second kappa shape index (κ2) is 5.95. The zero-order valence-corrected chi connectivity index (χ0v) is 12.6. The smallest absolute Gasteiger partial charge is 0.179 e. The molecule has 0 bridgehead atoms. The summed E-state index contributed by atoms with van der Waals surface area (Å²) in [5.41, 5.74) is 0.764. The van der Waals surface area contributed by atoms with Crippen LogP contribution in [-0.2, 0) is 18.1 Å². The zero-order valence-electron chi connectivity index (χ0n) is 10.0. The summed E-state index contributed by atoms with van der Waals surface area (Å²) in [7, 11) is -1.03. The first kappa shape index (κ1) is 13.9. The molecule has 0 aliphatic heterocycles. The standard InChI is InChI=1S/C10H19BrN2O2Si/c1-16(2,3)5-4-15-8-13-9(7-14)6-12-10(13)11/h6,14H,4-5,7-8H2,1-3H3. The van der Waals surface area contributed by atoms with Crippen LogP contribution in [0.3, 0.4) is 0 Å². The van der Waals surface area contributed by atoms with Crippen LogP contribution < -0.4 is 0 Å². The average Bonchev–Trinajstić information content (AvgIpc) is 2.53. The number of aliphatic hydroxyl groups is 1. The van der Waals surface area contributed by atoms with Crippen molar-refractivity contribution in [1.29, 1.82) is 0 Å². The SMILES string of the molecule is C[Si](C)(C)CCOCn1c(CO)cnc1Br. The first-order valence-corrected chi connectivity index (χ1v) is 9.82. The highest BCUT2D eigenvalue weighted by Crippen LogP contribution is 2.13. The first-order chi connectivity index (χ1) is 7.44. The van der Waals surface area contributed by atoms with Gasteiger partial charge in [-0.1, -0.05) is 19.6 Å². The van der Waals surface area contributed by atoms with Crippen molar-refractivity contribution in [2.75, 3.05) is 6.61 Å². The Kier molecular flexibility index (Phi) is 5.17. The molecule has 0 saturated heterocycles. The molecule has 0 saturated carbocycles. The predicted molar refractivity (Wildman–Crippen MR) is 70.0 cm³/mol. The lowest BCUT2D eigenvalue weighted by Crippen LogP contribution is -2.22. The van der Waals surface area contributed by atoms with Gasteiger partial charge in [0.05, 0.1) is 18.5 Å². The summed E-state index contributed by atoms with van der Waals surface area (Å²) in [6.45, 7) is 8.16. The molecule has 1 aromatic rings. The fourth-order valence-corrected chi connectivity index (χ4v) is 2.37. The maximum atomic E-state index is 9.09. The van der Waals surface area contributed by atoms with Gasteiger partial charge in [-0.2, -0.15) is 0 Å². The first-order valence-electron chi connectivity index (χ1n) is 5.32. The van der Waals surface area contributed by atoms with Crippen molar-refractivity contribution in [2.24, 2.45) is 0 Å². The molecule has 1 rings (SSSR count). The van der Waals surface area contributed by atoms with Gasteiger partial charge in [0.15, 0.2) is 4.73 Å². The highest BCUT2D eigenvalue weighted by molar-refractivity contribution is 9.10. The summed E-state index contributed by atoms with van der Waals surface area (Å²) in [6, 6.07) is 1.15. The predicted octanol–water partition coefficient (Wildman–Crippen LogP) is 2.45. The van der Waals surface area contributed by atoms with E-state index in [1.54, 1.807) is 6.20 Å². The van der Waals surface area contributed by atoms with E-state index in [1.807, 2.05) is 4.57 Å². The van der Waals surface area contributed by atoms with Crippen molar-refractivity contribution in [3.63, 3.8) is 0 Å². The molecule has 0 radical (unpaired) electrons. The second-order valence-electron chi connectivity index (χ2n) is 4.95. The Morgan fingerprint density at radius 3 is 2.75 bits per heavy atom. The van der Waals surface area contributed by atoms with Gasteiger partial charge in [0.2, 0.25) is 0 Å². The van der Waals surface area contributed by atoms with Gasteiger partial charge in [0.1, 0.15) is 6.73 Å². The molecular weight excluding hydrogens is 288 g/mol. The second-order valence-corrected chi connectivity index (χ2v) is 11.3. The van der Waals surface area contributed by atoms with Crippen LogP contribution in [0.4, 0.5) is 0 Å². The van der Waals surface area contributed by atoms with Crippen LogP contribution in [0, 0.1) is 0 Å². The highest BCUT2D eigenvalue weighted by Gasteiger charge is 2.12. The van der Waals surface area contributed by atoms with Crippen molar-refractivity contribution < 1.29 is 9.84 Å². The van der Waals surface area contributed by atoms with Crippen LogP contribution in [0.25, 0.3) is 0 Å². The van der Waals surface area contributed by atoms with Crippen LogP contribution in [-0.4, -0.2) is 29.3 Å². The van der Waals surface area contributed by atoms with Crippen LogP contribution in [0.1, 0.15) is 5.69 Å². The van der Waals surface area contributed by atoms with E-state index in [-0.39, 0.29) is 6.61 Å². The molecule has 4 nitrogen and oxygen atoms in total. The molecule has 16 heavy (non-hydrogen) atoms. The largest absolute Gasteiger partial charge is 0.390 e. The number of nitrogens with zero attached hydrogens (tertiary/aromatic N) is 2. The lowest BCUT2D eigenvalue weighted by molar-refractivity contribution is 0.0806. The minimum Gasteiger partial charge on any atom is -0.390 e. The lowest BCUT2D eigenvalue weighted by atomic mass is 10.5. The van der Waals surface area contributed by atoms with E-state index in [0.29, 0.717) is 11.5 Å². The molecule has 1 aromatic heterocycles. The van der Waals surface area contributed by atoms with Crippen molar-refractivity contribution in [1.82, 2.24) is 9.55 Å². The van der Waals surface area contributed by atoms with Crippen LogP contribution in [0.2, 0.25) is 25.7 Å². The fraction of sp³-hybridized carbons (Fsp3) is 0.700. The van der Waals surface area contributed by atoms with Crippen molar-refractivity contribution in [3.05, 3.63) is 16.6 Å². The molecule has 0 fully saturated rings. The van der Waals surface area contributed by atoms with E-state index < -0.39 is 8.07 Å². The third kappa shape index (κ3) is 4.37. The van der Waals surface area contributed by atoms with Crippen molar-refractivity contribution >= 4 is 24.0 Å². The van der Waals surface area contributed by atoms with Crippen LogP contribution in [0.5, 0.6) is 0 Å². The lowest BCUT2D eigenvalue weighted by Gasteiger charge is -2.16. The Balaban J connectivity index is 2.40. The van der Waals surface area contributed by atoms with E-state index in [1.165, 1.54) is 0 Å². The minimum absolute atomic E-state index is 0.0179. The molecule has 1 heterocycles. The van der Waals surface area contributed by atoms with E-state index in [4.69, 9.17) is 9.84 Å². The summed E-state index contributed by atoms with van der Waals surface area (Å²) >= 11 is 3.32. The molecule has 0 amide bonds. The van der Waals surface area contributed by atoms with Gasteiger partial charge in [-0.05, 0) is 22.0 Å². The maximum Gasteiger partial charge on any atom is 0.179 e. The zero-order chi connectivity index (χ0) is 12.2. The van der Waals surface area contributed by atoms with Gasteiger partial charge in [-0.15, -0.1) is 0 Å². The minimum atomic E-state index is -1.03. The Morgan fingerprint density at radius 2 is 2.19 bits per heavy atom. The monoisotopic (exact) mass is 306 g/mol. The number of hydrogen-bond donors (Lipinski definition) is 1. The number of hydrogen-bond acceptors (Lipinski definition) is 3. The Morgan fingerprint density at radius 1 is 1.50 bits per heavy atom. The van der Waals surface area contributed by atoms with Crippen LogP contribution >= 0.6 is 15.9 Å². The van der Waals surface area contributed by atoms with Crippen molar-refractivity contribution in [2.45, 2.75) is 39.0 Å². The normalized spacial score (nSPS) is 12.1. The Hall–Kier alpha value is -0.173. The van der Waals surface area contributed by atoms with E-state index in [0.717, 1.165) is 18.3 Å². The number of ether oxygens (including phenoxy) is 1. The number of aromatic nitrogens is 2. The molecule has 92 valence electrons. The van der Waals surface area contributed by atoms with Gasteiger partial charge in [0.25, 0.3) is 0 Å². The van der Waals surface area contributed by atoms with Gasteiger partial charge in [-0.3, -0.25) is 4.57 Å². The summed E-state index contributed by atoms with van der Waals surface area (Å²) < 4.78 is 8.12. The Bertz CT molecular complexity index is 336. The molecule has 6 heteroatoms. The summed E-state index contributed by atoms with van der Waals surface area (Å²) in [5, 5.41) is 9.09. The molecule has 0 aliphatic rings. The van der Waals surface area contributed by atoms with Gasteiger partial charge in [-0.25, -0.2) is 4.98 Å². The quantitative estimate of drug-likeness (QED) is 0.649. The molecule has 0 spiro atoms. The molecule has 0 aromatic carbocycles. The molecule has 0 unspecified atom stereocenters. The fourth-order valence-electron chi connectivity index (χ4n) is 1.18. The topological polar surface area (TPSA) is 47.3 Å². The third-order valence-electron chi connectivity index (χ3n) is 2.27. The van der Waals surface area contributed by atoms with Gasteiger partial charge >= 0.3 is 0 Å². The van der Waals surface area contributed by atoms with Gasteiger partial charge < -0.3 is 9.84 Å². The Labute approximate surface area is 106 Å². The summed E-state index contributed by atoms with van der Waals surface area (Å²) in [6.07, 6.45) is 1.64. The average molecular weight is 307 g/mol. The molecular formula is C10H19BrN2O2Si. The number of imidazole rings is 1. The molecule has 0 aliphatic carbocycles. The third-order valence-corrected chi connectivity index (χ3v) is 4.61. The summed E-state index contributed by atoms with van der Waals surface area (Å²) in [5.74, 6) is 0. The molecule has 1 N–H and O–H groups in total. The number of aliphatic hydroxyl groups excluding tert-OH is 1. The maximum absolute atomic E-state index is 9.09.